The normalized spacial score (nSPS) is 18.4. The van der Waals surface area contributed by atoms with Gasteiger partial charge in [0.15, 0.2) is 0 Å². The number of carbonyl (C=O) groups excluding carboxylic acids is 1. The predicted molar refractivity (Wildman–Crippen MR) is 113 cm³/mol. The van der Waals surface area contributed by atoms with E-state index in [9.17, 15) is 13.2 Å². The summed E-state index contributed by atoms with van der Waals surface area (Å²) in [6.07, 6.45) is 1.74. The van der Waals surface area contributed by atoms with Gasteiger partial charge in [0.2, 0.25) is 10.0 Å². The van der Waals surface area contributed by atoms with E-state index in [0.717, 1.165) is 32.5 Å². The van der Waals surface area contributed by atoms with Crippen LogP contribution in [0.15, 0.2) is 45.1 Å². The predicted octanol–water partition coefficient (Wildman–Crippen LogP) is 2.91. The highest BCUT2D eigenvalue weighted by atomic mass is 79.9. The van der Waals surface area contributed by atoms with Crippen LogP contribution in [0.2, 0.25) is 0 Å². The second-order valence-corrected chi connectivity index (χ2v) is 10.8. The minimum Gasteiger partial charge on any atom is -0.336 e. The topological polar surface area (TPSA) is 69.7 Å². The van der Waals surface area contributed by atoms with E-state index in [1.807, 2.05) is 0 Å². The summed E-state index contributed by atoms with van der Waals surface area (Å²) in [5.41, 5.74) is 0.394. The highest BCUT2D eigenvalue weighted by Gasteiger charge is 2.29. The number of benzene rings is 1. The molecule has 2 aromatic rings. The second-order valence-electron chi connectivity index (χ2n) is 7.18. The van der Waals surface area contributed by atoms with Crippen LogP contribution in [0.4, 0.5) is 0 Å². The molecule has 0 radical (unpaired) electrons. The number of hydrogen-bond acceptors (Lipinski definition) is 5. The van der Waals surface area contributed by atoms with Crippen LogP contribution in [0.1, 0.15) is 28.1 Å². The van der Waals surface area contributed by atoms with Gasteiger partial charge in [0.25, 0.3) is 5.91 Å². The molecule has 0 spiro atoms. The Balaban J connectivity index is 1.43. The number of sulfonamides is 1. The van der Waals surface area contributed by atoms with Crippen LogP contribution in [-0.4, -0.2) is 56.3 Å². The lowest BCUT2D eigenvalue weighted by atomic mass is 10.2. The number of hydrogen-bond donors (Lipinski definition) is 1. The summed E-state index contributed by atoms with van der Waals surface area (Å²) in [4.78, 5) is 18.6. The molecular formula is C19H22BrN3O3S2. The van der Waals surface area contributed by atoms with E-state index in [1.165, 1.54) is 17.0 Å². The molecule has 2 aliphatic rings. The molecule has 0 atom stereocenters. The zero-order valence-corrected chi connectivity index (χ0v) is 18.5. The van der Waals surface area contributed by atoms with E-state index >= 15 is 0 Å². The molecule has 150 valence electrons. The van der Waals surface area contributed by atoms with Crippen molar-refractivity contribution in [2.45, 2.75) is 30.3 Å². The van der Waals surface area contributed by atoms with Gasteiger partial charge in [0.05, 0.1) is 10.5 Å². The number of nitrogens with one attached hydrogen (secondary N) is 1. The Kier molecular flexibility index (Phi) is 5.89. The molecular weight excluding hydrogens is 462 g/mol. The molecule has 1 aliphatic carbocycles. The van der Waals surface area contributed by atoms with E-state index in [0.29, 0.717) is 23.1 Å². The van der Waals surface area contributed by atoms with Crippen molar-refractivity contribution < 1.29 is 13.2 Å². The molecule has 6 nitrogen and oxygen atoms in total. The first-order valence-corrected chi connectivity index (χ1v) is 12.4. The first kappa shape index (κ1) is 20.0. The third-order valence-electron chi connectivity index (χ3n) is 5.00. The zero-order chi connectivity index (χ0) is 19.7. The Morgan fingerprint density at radius 2 is 1.93 bits per heavy atom. The van der Waals surface area contributed by atoms with Crippen molar-refractivity contribution in [3.63, 3.8) is 0 Å². The van der Waals surface area contributed by atoms with Crippen LogP contribution in [0, 0.1) is 0 Å². The summed E-state index contributed by atoms with van der Waals surface area (Å²) < 4.78 is 28.2. The van der Waals surface area contributed by atoms with Crippen molar-refractivity contribution in [2.75, 3.05) is 26.2 Å². The third kappa shape index (κ3) is 4.65. The van der Waals surface area contributed by atoms with E-state index in [-0.39, 0.29) is 16.8 Å². The number of rotatable bonds is 6. The van der Waals surface area contributed by atoms with Crippen molar-refractivity contribution in [1.82, 2.24) is 14.5 Å². The van der Waals surface area contributed by atoms with Gasteiger partial charge in [-0.15, -0.1) is 11.3 Å². The van der Waals surface area contributed by atoms with Crippen LogP contribution >= 0.6 is 27.3 Å². The van der Waals surface area contributed by atoms with Crippen LogP contribution in [0.5, 0.6) is 0 Å². The SMILES string of the molecule is O=C(c1cc(S(=O)(=O)NC2CC2)ccc1Br)N1CCN(Cc2cccs2)CC1. The zero-order valence-electron chi connectivity index (χ0n) is 15.3. The van der Waals surface area contributed by atoms with Crippen molar-refractivity contribution in [3.05, 3.63) is 50.6 Å². The summed E-state index contributed by atoms with van der Waals surface area (Å²) in [5.74, 6) is -0.133. The molecule has 28 heavy (non-hydrogen) atoms. The lowest BCUT2D eigenvalue weighted by Crippen LogP contribution is -2.48. The quantitative estimate of drug-likeness (QED) is 0.685. The standard InChI is InChI=1S/C19H22BrN3O3S2/c20-18-6-5-16(28(25,26)21-14-3-4-14)12-17(18)19(24)23-9-7-22(8-10-23)13-15-2-1-11-27-15/h1-2,5-6,11-12,14,21H,3-4,7-10,13H2. The van der Waals surface area contributed by atoms with Gasteiger partial charge < -0.3 is 4.90 Å². The van der Waals surface area contributed by atoms with E-state index in [1.54, 1.807) is 22.3 Å². The van der Waals surface area contributed by atoms with Gasteiger partial charge in [-0.05, 0) is 58.4 Å². The smallest absolute Gasteiger partial charge is 0.255 e. The van der Waals surface area contributed by atoms with Crippen LogP contribution in [0.3, 0.4) is 0 Å². The van der Waals surface area contributed by atoms with Gasteiger partial charge in [0.1, 0.15) is 0 Å². The third-order valence-corrected chi connectivity index (χ3v) is 8.07. The lowest BCUT2D eigenvalue weighted by Gasteiger charge is -2.34. The van der Waals surface area contributed by atoms with Gasteiger partial charge >= 0.3 is 0 Å². The van der Waals surface area contributed by atoms with Gasteiger partial charge in [-0.3, -0.25) is 9.69 Å². The molecule has 0 unspecified atom stereocenters. The van der Waals surface area contributed by atoms with Gasteiger partial charge in [0, 0.05) is 48.1 Å². The monoisotopic (exact) mass is 483 g/mol. The van der Waals surface area contributed by atoms with Gasteiger partial charge in [-0.1, -0.05) is 6.07 Å². The van der Waals surface area contributed by atoms with Crippen molar-refractivity contribution in [2.24, 2.45) is 0 Å². The maximum Gasteiger partial charge on any atom is 0.255 e. The van der Waals surface area contributed by atoms with Crippen LogP contribution in [-0.2, 0) is 16.6 Å². The maximum absolute atomic E-state index is 13.0. The Morgan fingerprint density at radius 1 is 1.18 bits per heavy atom. The van der Waals surface area contributed by atoms with E-state index in [4.69, 9.17) is 0 Å². The summed E-state index contributed by atoms with van der Waals surface area (Å²) >= 11 is 5.15. The van der Waals surface area contributed by atoms with E-state index in [2.05, 4.69) is 43.1 Å². The number of carbonyl (C=O) groups is 1. The average molecular weight is 484 g/mol. The highest BCUT2D eigenvalue weighted by molar-refractivity contribution is 9.10. The Labute approximate surface area is 177 Å². The first-order valence-electron chi connectivity index (χ1n) is 9.28. The summed E-state index contributed by atoms with van der Waals surface area (Å²) in [7, 11) is -3.59. The molecule has 0 bridgehead atoms. The Morgan fingerprint density at radius 3 is 2.57 bits per heavy atom. The maximum atomic E-state index is 13.0. The summed E-state index contributed by atoms with van der Waals surface area (Å²) in [6.45, 7) is 3.79. The molecule has 9 heteroatoms. The summed E-state index contributed by atoms with van der Waals surface area (Å²) in [5, 5.41) is 2.08. The largest absolute Gasteiger partial charge is 0.336 e. The summed E-state index contributed by atoms with van der Waals surface area (Å²) in [6, 6.07) is 8.86. The Hall–Kier alpha value is -1.26. The molecule has 4 rings (SSSR count). The fourth-order valence-corrected chi connectivity index (χ4v) is 5.72. The van der Waals surface area contributed by atoms with Crippen molar-refractivity contribution in [3.8, 4) is 0 Å². The number of thiophene rings is 1. The van der Waals surface area contributed by atoms with Crippen LogP contribution < -0.4 is 4.72 Å². The number of halogens is 1. The molecule has 2 fully saturated rings. The van der Waals surface area contributed by atoms with E-state index < -0.39 is 10.0 Å². The molecule has 1 aromatic carbocycles. The van der Waals surface area contributed by atoms with Gasteiger partial charge in [-0.2, -0.15) is 0 Å². The number of piperazine rings is 1. The molecule has 1 aromatic heterocycles. The minimum absolute atomic E-state index is 0.0317. The molecule has 1 aliphatic heterocycles. The Bertz CT molecular complexity index is 951. The minimum atomic E-state index is -3.59. The van der Waals surface area contributed by atoms with Gasteiger partial charge in [-0.25, -0.2) is 13.1 Å². The van der Waals surface area contributed by atoms with Crippen molar-refractivity contribution in [1.29, 1.82) is 0 Å². The van der Waals surface area contributed by atoms with Crippen molar-refractivity contribution >= 4 is 43.2 Å². The molecule has 1 saturated carbocycles. The van der Waals surface area contributed by atoms with Crippen LogP contribution in [0.25, 0.3) is 0 Å². The molecule has 2 heterocycles. The number of amides is 1. The molecule has 1 amide bonds. The lowest BCUT2D eigenvalue weighted by molar-refractivity contribution is 0.0628. The fraction of sp³-hybridized carbons (Fsp3) is 0.421. The molecule has 1 N–H and O–H groups in total. The fourth-order valence-electron chi connectivity index (χ4n) is 3.23. The highest BCUT2D eigenvalue weighted by Crippen LogP contribution is 2.26. The molecule has 1 saturated heterocycles. The second kappa shape index (κ2) is 8.23. The average Bonchev–Trinajstić information content (AvgIpc) is 3.33. The number of nitrogens with zero attached hydrogens (tertiary/aromatic N) is 2. The first-order chi connectivity index (χ1) is 13.4.